The quantitative estimate of drug-likeness (QED) is 0.524. The summed E-state index contributed by atoms with van der Waals surface area (Å²) in [7, 11) is 2.03. The molecule has 1 fully saturated rings. The molecule has 0 saturated carbocycles. The van der Waals surface area contributed by atoms with E-state index in [2.05, 4.69) is 43.5 Å². The molecule has 1 aliphatic heterocycles. The van der Waals surface area contributed by atoms with Crippen LogP contribution in [0.2, 0.25) is 6.04 Å². The van der Waals surface area contributed by atoms with Gasteiger partial charge >= 0.3 is 0 Å². The van der Waals surface area contributed by atoms with Crippen molar-refractivity contribution in [2.75, 3.05) is 26.7 Å². The van der Waals surface area contributed by atoms with Gasteiger partial charge in [-0.05, 0) is 26.9 Å². The summed E-state index contributed by atoms with van der Waals surface area (Å²) in [6.45, 7) is 16.1. The fourth-order valence-corrected chi connectivity index (χ4v) is 4.06. The van der Waals surface area contributed by atoms with Gasteiger partial charge in [-0.25, -0.2) is 0 Å². The smallest absolute Gasteiger partial charge is 0.100 e. The van der Waals surface area contributed by atoms with Crippen LogP contribution >= 0.6 is 0 Å². The Morgan fingerprint density at radius 3 is 2.67 bits per heavy atom. The molecule has 1 rings (SSSR count). The van der Waals surface area contributed by atoms with Gasteiger partial charge in [0.2, 0.25) is 0 Å². The molecule has 3 heteroatoms. The average Bonchev–Trinajstić information content (AvgIpc) is 2.14. The molecule has 0 spiro atoms. The van der Waals surface area contributed by atoms with Gasteiger partial charge in [-0.15, -0.1) is 0 Å². The van der Waals surface area contributed by atoms with Crippen molar-refractivity contribution in [2.45, 2.75) is 25.4 Å². The van der Waals surface area contributed by atoms with Gasteiger partial charge in [0.05, 0.1) is 0 Å². The van der Waals surface area contributed by atoms with Gasteiger partial charge in [-0.1, -0.05) is 24.8 Å². The number of likely N-dealkylation sites (N-methyl/N-ethyl adjacent to an activating group) is 1. The molecule has 0 bridgehead atoms. The summed E-state index contributed by atoms with van der Waals surface area (Å²) in [4.78, 5) is 2.42. The average molecular weight is 224 g/mol. The lowest BCUT2D eigenvalue weighted by atomic mass is 10.0. The third-order valence-electron chi connectivity index (χ3n) is 3.26. The Morgan fingerprint density at radius 1 is 1.47 bits per heavy atom. The molecule has 0 N–H and O–H groups in total. The zero-order valence-corrected chi connectivity index (χ0v) is 11.8. The fourth-order valence-electron chi connectivity index (χ4n) is 2.23. The zero-order chi connectivity index (χ0) is 11.5. The molecule has 0 aromatic carbocycles. The van der Waals surface area contributed by atoms with E-state index in [1.54, 1.807) is 0 Å². The lowest BCUT2D eigenvalue weighted by Crippen LogP contribution is -2.59. The SMILES string of the molecule is C=CC(=C)C[SiH2]N1CCN(C)CC1(C)C. The monoisotopic (exact) mass is 224 g/mol. The predicted molar refractivity (Wildman–Crippen MR) is 71.0 cm³/mol. The second-order valence-electron chi connectivity index (χ2n) is 5.15. The minimum Gasteiger partial charge on any atom is -0.322 e. The highest BCUT2D eigenvalue weighted by atomic mass is 28.2. The Hall–Kier alpha value is -0.383. The molecule has 0 atom stereocenters. The van der Waals surface area contributed by atoms with Crippen LogP contribution < -0.4 is 0 Å². The van der Waals surface area contributed by atoms with Crippen LogP contribution in [0.4, 0.5) is 0 Å². The normalized spacial score (nSPS) is 23.4. The second kappa shape index (κ2) is 5.10. The first kappa shape index (κ1) is 12.7. The summed E-state index contributed by atoms with van der Waals surface area (Å²) in [6, 6.07) is 1.18. The largest absolute Gasteiger partial charge is 0.322 e. The molecule has 15 heavy (non-hydrogen) atoms. The molecule has 86 valence electrons. The molecule has 0 unspecified atom stereocenters. The van der Waals surface area contributed by atoms with Crippen LogP contribution in [0, 0.1) is 0 Å². The maximum absolute atomic E-state index is 4.00. The highest BCUT2D eigenvalue weighted by Crippen LogP contribution is 2.20. The van der Waals surface area contributed by atoms with E-state index in [9.17, 15) is 0 Å². The van der Waals surface area contributed by atoms with Gasteiger partial charge in [-0.3, -0.25) is 0 Å². The minimum absolute atomic E-state index is 0.184. The van der Waals surface area contributed by atoms with E-state index < -0.39 is 0 Å². The van der Waals surface area contributed by atoms with Crippen molar-refractivity contribution in [3.63, 3.8) is 0 Å². The van der Waals surface area contributed by atoms with Crippen molar-refractivity contribution in [1.82, 2.24) is 9.47 Å². The minimum atomic E-state index is -0.184. The van der Waals surface area contributed by atoms with Crippen LogP contribution in [0.25, 0.3) is 0 Å². The lowest BCUT2D eigenvalue weighted by Gasteiger charge is -2.46. The zero-order valence-electron chi connectivity index (χ0n) is 10.4. The van der Waals surface area contributed by atoms with E-state index in [0.29, 0.717) is 5.54 Å². The van der Waals surface area contributed by atoms with E-state index in [-0.39, 0.29) is 9.68 Å². The van der Waals surface area contributed by atoms with Crippen LogP contribution in [0.15, 0.2) is 24.8 Å². The molecule has 1 saturated heterocycles. The first-order valence-corrected chi connectivity index (χ1v) is 7.33. The first-order valence-electron chi connectivity index (χ1n) is 5.69. The molecule has 0 radical (unpaired) electrons. The Morgan fingerprint density at radius 2 is 2.13 bits per heavy atom. The van der Waals surface area contributed by atoms with Gasteiger partial charge in [-0.2, -0.15) is 0 Å². The Labute approximate surface area is 96.5 Å². The highest BCUT2D eigenvalue weighted by molar-refractivity contribution is 6.33. The number of hydrogen-bond donors (Lipinski definition) is 0. The van der Waals surface area contributed by atoms with Crippen LogP contribution in [0.3, 0.4) is 0 Å². The van der Waals surface area contributed by atoms with Crippen LogP contribution in [-0.2, 0) is 0 Å². The van der Waals surface area contributed by atoms with Gasteiger partial charge in [0.1, 0.15) is 9.68 Å². The second-order valence-corrected chi connectivity index (χ2v) is 6.86. The Kier molecular flexibility index (Phi) is 4.31. The summed E-state index contributed by atoms with van der Waals surface area (Å²) in [5.41, 5.74) is 1.55. The van der Waals surface area contributed by atoms with Gasteiger partial charge in [0.15, 0.2) is 0 Å². The van der Waals surface area contributed by atoms with Gasteiger partial charge < -0.3 is 9.47 Å². The molecule has 0 aliphatic carbocycles. The summed E-state index contributed by atoms with van der Waals surface area (Å²) >= 11 is 0. The molecule has 2 nitrogen and oxygen atoms in total. The van der Waals surface area contributed by atoms with E-state index in [0.717, 1.165) is 0 Å². The number of allylic oxidation sites excluding steroid dienone is 2. The van der Waals surface area contributed by atoms with E-state index in [1.807, 2.05) is 6.08 Å². The molecular formula is C12H24N2Si. The van der Waals surface area contributed by atoms with Crippen LogP contribution in [-0.4, -0.2) is 51.4 Å². The van der Waals surface area contributed by atoms with E-state index in [1.165, 1.54) is 31.3 Å². The van der Waals surface area contributed by atoms with Crippen LogP contribution in [0.5, 0.6) is 0 Å². The number of piperazine rings is 1. The molecule has 1 heterocycles. The Bertz CT molecular complexity index is 248. The van der Waals surface area contributed by atoms with Gasteiger partial charge in [0.25, 0.3) is 0 Å². The maximum atomic E-state index is 4.00. The van der Waals surface area contributed by atoms with Crippen molar-refractivity contribution < 1.29 is 0 Å². The lowest BCUT2D eigenvalue weighted by molar-refractivity contribution is 0.0988. The van der Waals surface area contributed by atoms with Crippen molar-refractivity contribution in [3.05, 3.63) is 24.8 Å². The molecule has 1 aliphatic rings. The van der Waals surface area contributed by atoms with Crippen molar-refractivity contribution in [2.24, 2.45) is 0 Å². The summed E-state index contributed by atoms with van der Waals surface area (Å²) in [5, 5.41) is 0. The van der Waals surface area contributed by atoms with Crippen molar-refractivity contribution >= 4 is 9.68 Å². The van der Waals surface area contributed by atoms with Crippen molar-refractivity contribution in [3.8, 4) is 0 Å². The van der Waals surface area contributed by atoms with Crippen LogP contribution in [0.1, 0.15) is 13.8 Å². The highest BCUT2D eigenvalue weighted by Gasteiger charge is 2.31. The van der Waals surface area contributed by atoms with Crippen molar-refractivity contribution in [1.29, 1.82) is 0 Å². The predicted octanol–water partition coefficient (Wildman–Crippen LogP) is 1.26. The maximum Gasteiger partial charge on any atom is 0.100 e. The number of nitrogens with zero attached hydrogens (tertiary/aromatic N) is 2. The Balaban J connectivity index is 2.47. The first-order chi connectivity index (χ1) is 6.95. The van der Waals surface area contributed by atoms with E-state index >= 15 is 0 Å². The topological polar surface area (TPSA) is 6.48 Å². The van der Waals surface area contributed by atoms with E-state index in [4.69, 9.17) is 0 Å². The fraction of sp³-hybridized carbons (Fsp3) is 0.667. The van der Waals surface area contributed by atoms with Gasteiger partial charge in [0, 0.05) is 25.2 Å². The standard InChI is InChI=1S/C12H24N2Si/c1-6-11(2)9-15-14-8-7-13(5)10-12(14,3)4/h6H,1-2,7-10,15H2,3-5H3. The number of hydrogen-bond acceptors (Lipinski definition) is 2. The molecular weight excluding hydrogens is 200 g/mol. The molecule has 0 amide bonds. The number of rotatable bonds is 4. The third kappa shape index (κ3) is 3.59. The summed E-state index contributed by atoms with van der Waals surface area (Å²) in [6.07, 6.45) is 1.90. The molecule has 0 aromatic heterocycles. The summed E-state index contributed by atoms with van der Waals surface area (Å²) in [5.74, 6) is 0. The summed E-state index contributed by atoms with van der Waals surface area (Å²) < 4.78 is 2.70. The third-order valence-corrected chi connectivity index (χ3v) is 5.83. The molecule has 0 aromatic rings.